The van der Waals surface area contributed by atoms with E-state index >= 15 is 0 Å². The molecule has 0 aliphatic carbocycles. The molecule has 0 aliphatic rings. The lowest BCUT2D eigenvalue weighted by molar-refractivity contribution is -0.156. The van der Waals surface area contributed by atoms with Gasteiger partial charge in [0.05, 0.1) is 0 Å². The van der Waals surface area contributed by atoms with Crippen LogP contribution in [-0.4, -0.2) is 17.7 Å². The molecule has 0 aromatic carbocycles. The summed E-state index contributed by atoms with van der Waals surface area (Å²) in [5.41, 5.74) is 0. The van der Waals surface area contributed by atoms with Crippen molar-refractivity contribution in [3.63, 3.8) is 0 Å². The number of ketones is 1. The van der Waals surface area contributed by atoms with Gasteiger partial charge in [-0.1, -0.05) is 6.08 Å². The molecule has 4 heteroatoms. The standard InChI is InChI=1S/C8H10O4/c1-3-4-7(10)12-8(11)5-6(2)9/h3-4H,5H2,1-2H3. The summed E-state index contributed by atoms with van der Waals surface area (Å²) >= 11 is 0. The largest absolute Gasteiger partial charge is 0.390 e. The summed E-state index contributed by atoms with van der Waals surface area (Å²) in [6.45, 7) is 2.87. The van der Waals surface area contributed by atoms with Crippen LogP contribution in [0.1, 0.15) is 20.3 Å². The van der Waals surface area contributed by atoms with Gasteiger partial charge in [-0.15, -0.1) is 0 Å². The lowest BCUT2D eigenvalue weighted by atomic mass is 10.3. The average Bonchev–Trinajstić information content (AvgIpc) is 1.84. The maximum atomic E-state index is 10.6. The molecule has 0 amide bonds. The van der Waals surface area contributed by atoms with Gasteiger partial charge in [0.25, 0.3) is 0 Å². The molecule has 0 atom stereocenters. The predicted molar refractivity (Wildman–Crippen MR) is 41.2 cm³/mol. The van der Waals surface area contributed by atoms with Gasteiger partial charge >= 0.3 is 11.9 Å². The van der Waals surface area contributed by atoms with Crippen LogP contribution in [-0.2, 0) is 19.1 Å². The van der Waals surface area contributed by atoms with Crippen molar-refractivity contribution in [1.82, 2.24) is 0 Å². The molecule has 0 aromatic heterocycles. The van der Waals surface area contributed by atoms with E-state index in [-0.39, 0.29) is 12.2 Å². The Balaban J connectivity index is 3.85. The van der Waals surface area contributed by atoms with Gasteiger partial charge in [0.1, 0.15) is 12.2 Å². The molecule has 0 rings (SSSR count). The number of hydrogen-bond donors (Lipinski definition) is 0. The third kappa shape index (κ3) is 5.34. The second-order valence-electron chi connectivity index (χ2n) is 2.17. The van der Waals surface area contributed by atoms with E-state index in [4.69, 9.17) is 0 Å². The van der Waals surface area contributed by atoms with E-state index < -0.39 is 11.9 Å². The Hall–Kier alpha value is -1.45. The Labute approximate surface area is 70.2 Å². The van der Waals surface area contributed by atoms with Crippen LogP contribution in [0.3, 0.4) is 0 Å². The zero-order chi connectivity index (χ0) is 9.56. The van der Waals surface area contributed by atoms with Crippen molar-refractivity contribution in [3.8, 4) is 0 Å². The summed E-state index contributed by atoms with van der Waals surface area (Å²) in [5.74, 6) is -1.89. The van der Waals surface area contributed by atoms with Crippen LogP contribution in [0.25, 0.3) is 0 Å². The van der Waals surface area contributed by atoms with E-state index in [9.17, 15) is 14.4 Å². The van der Waals surface area contributed by atoms with Crippen molar-refractivity contribution in [1.29, 1.82) is 0 Å². The topological polar surface area (TPSA) is 60.4 Å². The van der Waals surface area contributed by atoms with Crippen molar-refractivity contribution in [2.24, 2.45) is 0 Å². The highest BCUT2D eigenvalue weighted by Gasteiger charge is 2.09. The summed E-state index contributed by atoms with van der Waals surface area (Å²) in [6.07, 6.45) is 2.20. The zero-order valence-corrected chi connectivity index (χ0v) is 6.99. The number of Topliss-reactive ketones (excluding diaryl/α,β-unsaturated/α-hetero) is 1. The first-order chi connectivity index (χ1) is 5.56. The maximum Gasteiger partial charge on any atom is 0.338 e. The van der Waals surface area contributed by atoms with E-state index in [1.807, 2.05) is 0 Å². The fourth-order valence-electron chi connectivity index (χ4n) is 0.522. The normalized spacial score (nSPS) is 9.83. The molecule has 0 saturated carbocycles. The Morgan fingerprint density at radius 3 is 2.33 bits per heavy atom. The molecule has 0 N–H and O–H groups in total. The van der Waals surface area contributed by atoms with Gasteiger partial charge in [0.2, 0.25) is 0 Å². The molecule has 12 heavy (non-hydrogen) atoms. The van der Waals surface area contributed by atoms with Crippen LogP contribution in [0.15, 0.2) is 12.2 Å². The molecule has 4 nitrogen and oxygen atoms in total. The molecule has 0 spiro atoms. The minimum absolute atomic E-state index is 0.326. The highest BCUT2D eigenvalue weighted by molar-refractivity contribution is 6.00. The Morgan fingerprint density at radius 1 is 1.33 bits per heavy atom. The smallest absolute Gasteiger partial charge is 0.338 e. The Morgan fingerprint density at radius 2 is 1.92 bits per heavy atom. The van der Waals surface area contributed by atoms with Gasteiger partial charge in [-0.25, -0.2) is 4.79 Å². The summed E-state index contributed by atoms with van der Waals surface area (Å²) in [7, 11) is 0. The predicted octanol–water partition coefficient (Wildman–Crippen LogP) is 0.611. The fourth-order valence-corrected chi connectivity index (χ4v) is 0.522. The number of esters is 2. The van der Waals surface area contributed by atoms with Crippen molar-refractivity contribution in [2.75, 3.05) is 0 Å². The highest BCUT2D eigenvalue weighted by atomic mass is 16.6. The van der Waals surface area contributed by atoms with Gasteiger partial charge in [-0.3, -0.25) is 9.59 Å². The molecule has 0 aromatic rings. The molecule has 0 unspecified atom stereocenters. The van der Waals surface area contributed by atoms with Crippen molar-refractivity contribution in [2.45, 2.75) is 20.3 Å². The fraction of sp³-hybridized carbons (Fsp3) is 0.375. The van der Waals surface area contributed by atoms with E-state index in [2.05, 4.69) is 4.74 Å². The summed E-state index contributed by atoms with van der Waals surface area (Å²) in [6, 6.07) is 0. The summed E-state index contributed by atoms with van der Waals surface area (Å²) < 4.78 is 4.22. The summed E-state index contributed by atoms with van der Waals surface area (Å²) in [4.78, 5) is 31.6. The molecule has 0 saturated heterocycles. The number of carbonyl (C=O) groups excluding carboxylic acids is 3. The minimum atomic E-state index is -0.814. The van der Waals surface area contributed by atoms with Gasteiger partial charge in [-0.2, -0.15) is 0 Å². The van der Waals surface area contributed by atoms with Crippen LogP contribution >= 0.6 is 0 Å². The number of ether oxygens (including phenoxy) is 1. The third-order valence-corrected chi connectivity index (χ3v) is 0.910. The van der Waals surface area contributed by atoms with E-state index in [1.54, 1.807) is 6.92 Å². The van der Waals surface area contributed by atoms with E-state index in [0.29, 0.717) is 0 Å². The summed E-state index contributed by atoms with van der Waals surface area (Å²) in [5, 5.41) is 0. The van der Waals surface area contributed by atoms with Gasteiger partial charge in [-0.05, 0) is 13.8 Å². The molecular weight excluding hydrogens is 160 g/mol. The van der Waals surface area contributed by atoms with Crippen molar-refractivity contribution < 1.29 is 19.1 Å². The number of carbonyl (C=O) groups is 3. The molecular formula is C8H10O4. The molecule has 0 heterocycles. The molecule has 66 valence electrons. The molecule has 0 bridgehead atoms. The first-order valence-electron chi connectivity index (χ1n) is 3.43. The Bertz CT molecular complexity index is 227. The van der Waals surface area contributed by atoms with Crippen LogP contribution < -0.4 is 0 Å². The third-order valence-electron chi connectivity index (χ3n) is 0.910. The van der Waals surface area contributed by atoms with E-state index in [1.165, 1.54) is 13.0 Å². The number of allylic oxidation sites excluding steroid dienone is 1. The number of hydrogen-bond acceptors (Lipinski definition) is 4. The van der Waals surface area contributed by atoms with Crippen molar-refractivity contribution in [3.05, 3.63) is 12.2 Å². The second kappa shape index (κ2) is 5.23. The number of rotatable bonds is 3. The monoisotopic (exact) mass is 170 g/mol. The lowest BCUT2D eigenvalue weighted by Crippen LogP contribution is -2.12. The average molecular weight is 170 g/mol. The van der Waals surface area contributed by atoms with Crippen LogP contribution in [0.5, 0.6) is 0 Å². The van der Waals surface area contributed by atoms with Crippen LogP contribution in [0.4, 0.5) is 0 Å². The minimum Gasteiger partial charge on any atom is -0.390 e. The maximum absolute atomic E-state index is 10.6. The van der Waals surface area contributed by atoms with Gasteiger partial charge in [0, 0.05) is 6.08 Å². The quantitative estimate of drug-likeness (QED) is 0.353. The van der Waals surface area contributed by atoms with Crippen molar-refractivity contribution >= 4 is 17.7 Å². The first kappa shape index (κ1) is 10.6. The Kier molecular flexibility index (Phi) is 4.60. The highest BCUT2D eigenvalue weighted by Crippen LogP contribution is 1.89. The molecule has 0 aliphatic heterocycles. The zero-order valence-electron chi connectivity index (χ0n) is 6.99. The SMILES string of the molecule is CC=CC(=O)OC(=O)CC(C)=O. The van der Waals surface area contributed by atoms with Crippen LogP contribution in [0, 0.1) is 0 Å². The van der Waals surface area contributed by atoms with Gasteiger partial charge in [0.15, 0.2) is 0 Å². The molecule has 0 fully saturated rings. The second-order valence-corrected chi connectivity index (χ2v) is 2.17. The first-order valence-corrected chi connectivity index (χ1v) is 3.43. The lowest BCUT2D eigenvalue weighted by Gasteiger charge is -1.95. The van der Waals surface area contributed by atoms with Crippen LogP contribution in [0.2, 0.25) is 0 Å². The molecule has 0 radical (unpaired) electrons. The van der Waals surface area contributed by atoms with Gasteiger partial charge < -0.3 is 4.74 Å². The van der Waals surface area contributed by atoms with E-state index in [0.717, 1.165) is 6.08 Å².